The summed E-state index contributed by atoms with van der Waals surface area (Å²) >= 11 is 3.48. The van der Waals surface area contributed by atoms with Crippen molar-refractivity contribution in [3.05, 3.63) is 12.2 Å². The van der Waals surface area contributed by atoms with E-state index in [1.807, 2.05) is 6.92 Å². The van der Waals surface area contributed by atoms with Crippen molar-refractivity contribution in [3.8, 4) is 0 Å². The summed E-state index contributed by atoms with van der Waals surface area (Å²) in [5.41, 5.74) is 0. The Morgan fingerprint density at radius 3 is 1.90 bits per heavy atom. The molecule has 126 valence electrons. The minimum atomic E-state index is 0.431. The highest BCUT2D eigenvalue weighted by molar-refractivity contribution is 9.09. The Morgan fingerprint density at radius 1 is 0.714 bits per heavy atom. The topological polar surface area (TPSA) is 18.5 Å². The van der Waals surface area contributed by atoms with Crippen LogP contribution >= 0.6 is 15.9 Å². The van der Waals surface area contributed by atoms with Crippen molar-refractivity contribution in [2.75, 3.05) is 25.3 Å². The second-order valence-electron chi connectivity index (χ2n) is 5.44. The van der Waals surface area contributed by atoms with Gasteiger partial charge < -0.3 is 9.47 Å². The number of unbranched alkanes of at least 4 members (excludes halogenated alkanes) is 9. The Balaban J connectivity index is 3.01. The molecule has 0 heterocycles. The molecule has 0 aliphatic heterocycles. The number of halogens is 1. The number of rotatable bonds is 17. The van der Waals surface area contributed by atoms with E-state index in [1.54, 1.807) is 0 Å². The molecule has 0 radical (unpaired) electrons. The molecule has 0 N–H and O–H groups in total. The predicted octanol–water partition coefficient (Wildman–Crippen LogP) is 6.24. The molecule has 0 saturated heterocycles. The number of hydrogen-bond donors (Lipinski definition) is 0. The number of hydrogen-bond acceptors (Lipinski definition) is 2. The average molecular weight is 363 g/mol. The number of alkyl halides is 1. The van der Waals surface area contributed by atoms with Gasteiger partial charge in [0.15, 0.2) is 0 Å². The van der Waals surface area contributed by atoms with E-state index in [4.69, 9.17) is 9.47 Å². The first kappa shape index (κ1) is 21.1. The van der Waals surface area contributed by atoms with Gasteiger partial charge in [0.05, 0.1) is 6.61 Å². The van der Waals surface area contributed by atoms with Crippen LogP contribution in [0.4, 0.5) is 0 Å². The molecular formula is C18H35BrO2. The van der Waals surface area contributed by atoms with Crippen LogP contribution in [0, 0.1) is 0 Å². The van der Waals surface area contributed by atoms with Gasteiger partial charge >= 0.3 is 0 Å². The quantitative estimate of drug-likeness (QED) is 0.132. The van der Waals surface area contributed by atoms with Crippen LogP contribution in [0.3, 0.4) is 0 Å². The third-order valence-corrected chi connectivity index (χ3v) is 4.03. The Kier molecular flexibility index (Phi) is 20.3. The van der Waals surface area contributed by atoms with Gasteiger partial charge in [0, 0.05) is 11.9 Å². The first-order valence-electron chi connectivity index (χ1n) is 8.78. The summed E-state index contributed by atoms with van der Waals surface area (Å²) in [7, 11) is 0. The molecule has 0 unspecified atom stereocenters. The van der Waals surface area contributed by atoms with Gasteiger partial charge in [0.2, 0.25) is 0 Å². The minimum Gasteiger partial charge on any atom is -0.356 e. The van der Waals surface area contributed by atoms with Crippen molar-refractivity contribution in [2.45, 2.75) is 77.6 Å². The third-order valence-electron chi connectivity index (χ3n) is 3.47. The van der Waals surface area contributed by atoms with Crippen LogP contribution in [-0.4, -0.2) is 25.3 Å². The second kappa shape index (κ2) is 20.1. The average Bonchev–Trinajstić information content (AvgIpc) is 2.50. The van der Waals surface area contributed by atoms with Crippen molar-refractivity contribution < 1.29 is 9.47 Å². The first-order valence-corrected chi connectivity index (χ1v) is 9.90. The first-order chi connectivity index (χ1) is 10.4. The molecule has 0 aromatic heterocycles. The van der Waals surface area contributed by atoms with Gasteiger partial charge in [0.1, 0.15) is 6.79 Å². The van der Waals surface area contributed by atoms with E-state index in [-0.39, 0.29) is 0 Å². The van der Waals surface area contributed by atoms with E-state index in [2.05, 4.69) is 28.1 Å². The molecule has 0 fully saturated rings. The van der Waals surface area contributed by atoms with Gasteiger partial charge in [0.25, 0.3) is 0 Å². The van der Waals surface area contributed by atoms with Crippen molar-refractivity contribution in [1.29, 1.82) is 0 Å². The Labute approximate surface area is 140 Å². The molecule has 0 aliphatic carbocycles. The normalized spacial score (nSPS) is 11.5. The fraction of sp³-hybridized carbons (Fsp3) is 0.889. The van der Waals surface area contributed by atoms with Crippen LogP contribution < -0.4 is 0 Å². The lowest BCUT2D eigenvalue weighted by Gasteiger charge is -2.01. The Morgan fingerprint density at radius 2 is 1.29 bits per heavy atom. The zero-order valence-corrected chi connectivity index (χ0v) is 15.5. The summed E-state index contributed by atoms with van der Waals surface area (Å²) in [6.07, 6.45) is 19.3. The Hall–Kier alpha value is 0.140. The predicted molar refractivity (Wildman–Crippen MR) is 96.2 cm³/mol. The smallest absolute Gasteiger partial charge is 0.146 e. The van der Waals surface area contributed by atoms with Gasteiger partial charge in [-0.1, -0.05) is 73.0 Å². The van der Waals surface area contributed by atoms with Crippen molar-refractivity contribution in [1.82, 2.24) is 0 Å². The second-order valence-corrected chi connectivity index (χ2v) is 6.23. The van der Waals surface area contributed by atoms with E-state index in [0.717, 1.165) is 19.6 Å². The fourth-order valence-corrected chi connectivity index (χ4v) is 2.58. The third kappa shape index (κ3) is 20.1. The lowest BCUT2D eigenvalue weighted by Crippen LogP contribution is -1.99. The lowest BCUT2D eigenvalue weighted by atomic mass is 10.1. The summed E-state index contributed by atoms with van der Waals surface area (Å²) in [5, 5.41) is 1.17. The highest BCUT2D eigenvalue weighted by Gasteiger charge is 1.92. The van der Waals surface area contributed by atoms with Crippen LogP contribution in [0.5, 0.6) is 0 Å². The summed E-state index contributed by atoms with van der Waals surface area (Å²) in [5.74, 6) is 0. The van der Waals surface area contributed by atoms with Gasteiger partial charge in [-0.3, -0.25) is 0 Å². The molecular weight excluding hydrogens is 328 g/mol. The van der Waals surface area contributed by atoms with Gasteiger partial charge in [-0.2, -0.15) is 0 Å². The Bertz CT molecular complexity index is 207. The highest BCUT2D eigenvalue weighted by atomic mass is 79.9. The molecule has 0 rings (SSSR count). The zero-order chi connectivity index (χ0) is 15.4. The molecule has 0 aromatic rings. The molecule has 2 nitrogen and oxygen atoms in total. The van der Waals surface area contributed by atoms with E-state index < -0.39 is 0 Å². The maximum atomic E-state index is 5.31. The van der Waals surface area contributed by atoms with Crippen LogP contribution in [-0.2, 0) is 9.47 Å². The van der Waals surface area contributed by atoms with E-state index >= 15 is 0 Å². The zero-order valence-electron chi connectivity index (χ0n) is 14.0. The molecule has 0 aromatic carbocycles. The van der Waals surface area contributed by atoms with Gasteiger partial charge in [-0.15, -0.1) is 0 Å². The van der Waals surface area contributed by atoms with E-state index in [9.17, 15) is 0 Å². The minimum absolute atomic E-state index is 0.431. The van der Waals surface area contributed by atoms with Crippen LogP contribution in [0.2, 0.25) is 0 Å². The maximum Gasteiger partial charge on any atom is 0.146 e. The van der Waals surface area contributed by atoms with Crippen molar-refractivity contribution in [3.63, 3.8) is 0 Å². The molecule has 0 bridgehead atoms. The summed E-state index contributed by atoms with van der Waals surface area (Å²) in [4.78, 5) is 0. The fourth-order valence-electron chi connectivity index (χ4n) is 2.18. The largest absolute Gasteiger partial charge is 0.356 e. The number of allylic oxidation sites excluding steroid dienone is 1. The molecule has 0 amide bonds. The summed E-state index contributed by atoms with van der Waals surface area (Å²) in [6.45, 7) is 3.91. The summed E-state index contributed by atoms with van der Waals surface area (Å²) < 4.78 is 10.4. The van der Waals surface area contributed by atoms with E-state index in [1.165, 1.54) is 69.5 Å². The van der Waals surface area contributed by atoms with Gasteiger partial charge in [-0.25, -0.2) is 0 Å². The number of ether oxygens (including phenoxy) is 2. The molecule has 0 atom stereocenters. The molecule has 3 heteroatoms. The molecule has 0 aliphatic rings. The summed E-state index contributed by atoms with van der Waals surface area (Å²) in [6, 6.07) is 0. The molecule has 21 heavy (non-hydrogen) atoms. The van der Waals surface area contributed by atoms with Crippen LogP contribution in [0.15, 0.2) is 12.2 Å². The lowest BCUT2D eigenvalue weighted by molar-refractivity contribution is -0.0476. The van der Waals surface area contributed by atoms with Crippen molar-refractivity contribution >= 4 is 15.9 Å². The standard InChI is InChI=1S/C18H35BrO2/c1-2-20-18-21-17-15-13-11-9-7-5-3-4-6-8-10-12-14-16-19/h11,13H,2-10,12,14-18H2,1H3. The maximum absolute atomic E-state index is 5.31. The van der Waals surface area contributed by atoms with Crippen LogP contribution in [0.1, 0.15) is 77.6 Å². The van der Waals surface area contributed by atoms with Gasteiger partial charge in [-0.05, 0) is 32.6 Å². The van der Waals surface area contributed by atoms with E-state index in [0.29, 0.717) is 6.79 Å². The SMILES string of the molecule is CCOCOCCC=CCCCCCCCCCCCBr. The van der Waals surface area contributed by atoms with Crippen molar-refractivity contribution in [2.24, 2.45) is 0 Å². The molecule has 0 saturated carbocycles. The molecule has 0 spiro atoms. The highest BCUT2D eigenvalue weighted by Crippen LogP contribution is 2.11. The van der Waals surface area contributed by atoms with Crippen LogP contribution in [0.25, 0.3) is 0 Å². The monoisotopic (exact) mass is 362 g/mol.